The number of esters is 1. The molecule has 6 heteroatoms. The maximum absolute atomic E-state index is 12.0. The van der Waals surface area contributed by atoms with Gasteiger partial charge >= 0.3 is 5.97 Å². The SMILES string of the molecule is O=C1OC(/C=C/c2ccc(Cl)cc2)=NC/1=C/c1ccc2c(c1)OCO2. The standard InChI is InChI=1S/C19H12ClNO4/c20-14-5-1-12(2-6-14)4-8-18-21-15(19(22)25-18)9-13-3-7-16-17(10-13)24-11-23-16/h1-10H,11H2/b8-4+,15-9+. The zero-order chi connectivity index (χ0) is 17.2. The number of cyclic esters (lactones) is 1. The highest BCUT2D eigenvalue weighted by Gasteiger charge is 2.21. The molecule has 25 heavy (non-hydrogen) atoms. The summed E-state index contributed by atoms with van der Waals surface area (Å²) in [6.07, 6.45) is 5.08. The fourth-order valence-corrected chi connectivity index (χ4v) is 2.53. The number of halogens is 1. The van der Waals surface area contributed by atoms with Crippen LogP contribution in [0.4, 0.5) is 0 Å². The first-order valence-electron chi connectivity index (χ1n) is 7.53. The maximum Gasteiger partial charge on any atom is 0.363 e. The van der Waals surface area contributed by atoms with E-state index in [2.05, 4.69) is 4.99 Å². The van der Waals surface area contributed by atoms with Crippen LogP contribution in [0.3, 0.4) is 0 Å². The quantitative estimate of drug-likeness (QED) is 0.616. The molecule has 2 aliphatic rings. The Balaban J connectivity index is 1.54. The lowest BCUT2D eigenvalue weighted by atomic mass is 10.1. The Morgan fingerprint density at radius 2 is 1.72 bits per heavy atom. The predicted molar refractivity (Wildman–Crippen MR) is 94.6 cm³/mol. The molecule has 0 atom stereocenters. The van der Waals surface area contributed by atoms with Crippen LogP contribution in [0.15, 0.2) is 59.2 Å². The number of nitrogens with zero attached hydrogens (tertiary/aromatic N) is 1. The summed E-state index contributed by atoms with van der Waals surface area (Å²) in [5.74, 6) is 1.08. The number of carbonyl (C=O) groups is 1. The summed E-state index contributed by atoms with van der Waals surface area (Å²) in [4.78, 5) is 16.2. The van der Waals surface area contributed by atoms with Crippen molar-refractivity contribution in [2.24, 2.45) is 4.99 Å². The van der Waals surface area contributed by atoms with Gasteiger partial charge in [0.2, 0.25) is 12.7 Å². The van der Waals surface area contributed by atoms with Crippen molar-refractivity contribution in [2.45, 2.75) is 0 Å². The summed E-state index contributed by atoms with van der Waals surface area (Å²) in [5.41, 5.74) is 1.94. The Morgan fingerprint density at radius 3 is 2.56 bits per heavy atom. The number of hydrogen-bond acceptors (Lipinski definition) is 5. The number of benzene rings is 2. The largest absolute Gasteiger partial charge is 0.454 e. The van der Waals surface area contributed by atoms with E-state index in [9.17, 15) is 4.79 Å². The number of carbonyl (C=O) groups excluding carboxylic acids is 1. The Labute approximate surface area is 148 Å². The first kappa shape index (κ1) is 15.5. The Hall–Kier alpha value is -3.05. The van der Waals surface area contributed by atoms with E-state index in [4.69, 9.17) is 25.8 Å². The minimum atomic E-state index is -0.492. The fourth-order valence-electron chi connectivity index (χ4n) is 2.40. The highest BCUT2D eigenvalue weighted by Crippen LogP contribution is 2.33. The van der Waals surface area contributed by atoms with Crippen LogP contribution in [-0.4, -0.2) is 18.7 Å². The molecule has 0 amide bonds. The molecule has 0 fully saturated rings. The van der Waals surface area contributed by atoms with Crippen molar-refractivity contribution in [2.75, 3.05) is 6.79 Å². The molecule has 0 aromatic heterocycles. The van der Waals surface area contributed by atoms with E-state index in [1.54, 1.807) is 42.5 Å². The van der Waals surface area contributed by atoms with Crippen LogP contribution in [-0.2, 0) is 9.53 Å². The molecule has 2 aliphatic heterocycles. The summed E-state index contributed by atoms with van der Waals surface area (Å²) >= 11 is 5.85. The third-order valence-corrected chi connectivity index (χ3v) is 3.88. The molecule has 2 aromatic carbocycles. The lowest BCUT2D eigenvalue weighted by Crippen LogP contribution is -2.01. The minimum Gasteiger partial charge on any atom is -0.454 e. The molecule has 5 nitrogen and oxygen atoms in total. The molecule has 0 spiro atoms. The van der Waals surface area contributed by atoms with E-state index >= 15 is 0 Å². The summed E-state index contributed by atoms with van der Waals surface area (Å²) in [6, 6.07) is 12.7. The third-order valence-electron chi connectivity index (χ3n) is 3.63. The number of fused-ring (bicyclic) bond motifs is 1. The molecule has 0 bridgehead atoms. The van der Waals surface area contributed by atoms with E-state index in [1.807, 2.05) is 18.2 Å². The van der Waals surface area contributed by atoms with Gasteiger partial charge in [-0.1, -0.05) is 29.8 Å². The second kappa shape index (κ2) is 6.45. The number of aliphatic imine (C=N–C) groups is 1. The first-order valence-corrected chi connectivity index (χ1v) is 7.91. The van der Waals surface area contributed by atoms with Gasteiger partial charge in [0, 0.05) is 11.1 Å². The second-order valence-electron chi connectivity index (χ2n) is 5.37. The monoisotopic (exact) mass is 353 g/mol. The Morgan fingerprint density at radius 1 is 0.960 bits per heavy atom. The Bertz CT molecular complexity index is 929. The summed E-state index contributed by atoms with van der Waals surface area (Å²) in [5, 5.41) is 0.663. The van der Waals surface area contributed by atoms with E-state index in [1.165, 1.54) is 0 Å². The van der Waals surface area contributed by atoms with Crippen molar-refractivity contribution in [3.8, 4) is 11.5 Å². The minimum absolute atomic E-state index is 0.204. The van der Waals surface area contributed by atoms with Crippen LogP contribution in [0.2, 0.25) is 5.02 Å². The molecule has 2 aromatic rings. The van der Waals surface area contributed by atoms with Gasteiger partial charge in [-0.05, 0) is 47.5 Å². The van der Waals surface area contributed by atoms with Crippen molar-refractivity contribution < 1.29 is 19.0 Å². The molecule has 0 radical (unpaired) electrons. The van der Waals surface area contributed by atoms with Gasteiger partial charge in [0.15, 0.2) is 17.2 Å². The van der Waals surface area contributed by atoms with Gasteiger partial charge in [0.05, 0.1) is 0 Å². The van der Waals surface area contributed by atoms with Crippen molar-refractivity contribution in [3.05, 3.63) is 70.4 Å². The van der Waals surface area contributed by atoms with Crippen LogP contribution < -0.4 is 9.47 Å². The molecule has 0 unspecified atom stereocenters. The van der Waals surface area contributed by atoms with Crippen molar-refractivity contribution in [3.63, 3.8) is 0 Å². The van der Waals surface area contributed by atoms with Crippen LogP contribution in [0.25, 0.3) is 12.2 Å². The van der Waals surface area contributed by atoms with Crippen molar-refractivity contribution in [1.82, 2.24) is 0 Å². The second-order valence-corrected chi connectivity index (χ2v) is 5.80. The molecule has 0 saturated carbocycles. The Kier molecular flexibility index (Phi) is 3.99. The van der Waals surface area contributed by atoms with Crippen molar-refractivity contribution >= 4 is 35.6 Å². The molecule has 124 valence electrons. The van der Waals surface area contributed by atoms with E-state index in [0.717, 1.165) is 11.1 Å². The molecular formula is C19H12ClNO4. The number of hydrogen-bond donors (Lipinski definition) is 0. The van der Waals surface area contributed by atoms with Gasteiger partial charge in [-0.15, -0.1) is 0 Å². The van der Waals surface area contributed by atoms with Crippen LogP contribution in [0.5, 0.6) is 11.5 Å². The summed E-state index contributed by atoms with van der Waals surface area (Å²) in [6.45, 7) is 0.204. The highest BCUT2D eigenvalue weighted by molar-refractivity contribution is 6.30. The number of ether oxygens (including phenoxy) is 3. The van der Waals surface area contributed by atoms with E-state index < -0.39 is 5.97 Å². The number of rotatable bonds is 3. The zero-order valence-electron chi connectivity index (χ0n) is 12.9. The van der Waals surface area contributed by atoms with Gasteiger partial charge in [-0.25, -0.2) is 9.79 Å². The molecule has 0 N–H and O–H groups in total. The van der Waals surface area contributed by atoms with E-state index in [0.29, 0.717) is 16.5 Å². The van der Waals surface area contributed by atoms with Crippen LogP contribution >= 0.6 is 11.6 Å². The molecule has 0 saturated heterocycles. The van der Waals surface area contributed by atoms with Crippen LogP contribution in [0, 0.1) is 0 Å². The van der Waals surface area contributed by atoms with Crippen LogP contribution in [0.1, 0.15) is 11.1 Å². The van der Waals surface area contributed by atoms with E-state index in [-0.39, 0.29) is 18.4 Å². The summed E-state index contributed by atoms with van der Waals surface area (Å²) < 4.78 is 15.7. The predicted octanol–water partition coefficient (Wildman–Crippen LogP) is 4.08. The maximum atomic E-state index is 12.0. The lowest BCUT2D eigenvalue weighted by molar-refractivity contribution is -0.129. The van der Waals surface area contributed by atoms with Gasteiger partial charge in [-0.2, -0.15) is 0 Å². The van der Waals surface area contributed by atoms with Gasteiger partial charge in [-0.3, -0.25) is 0 Å². The molecule has 4 rings (SSSR count). The molecule has 2 heterocycles. The highest BCUT2D eigenvalue weighted by atomic mass is 35.5. The smallest absolute Gasteiger partial charge is 0.363 e. The third kappa shape index (κ3) is 3.41. The van der Waals surface area contributed by atoms with Crippen molar-refractivity contribution in [1.29, 1.82) is 0 Å². The van der Waals surface area contributed by atoms with Gasteiger partial charge in [0.1, 0.15) is 0 Å². The average Bonchev–Trinajstić information content (AvgIpc) is 3.21. The van der Waals surface area contributed by atoms with Gasteiger partial charge in [0.25, 0.3) is 0 Å². The first-order chi connectivity index (χ1) is 12.2. The average molecular weight is 354 g/mol. The lowest BCUT2D eigenvalue weighted by Gasteiger charge is -1.97. The molecular weight excluding hydrogens is 342 g/mol. The topological polar surface area (TPSA) is 57.1 Å². The normalized spacial score (nSPS) is 17.2. The van der Waals surface area contributed by atoms with Gasteiger partial charge < -0.3 is 14.2 Å². The zero-order valence-corrected chi connectivity index (χ0v) is 13.7. The summed E-state index contributed by atoms with van der Waals surface area (Å²) in [7, 11) is 0. The molecule has 0 aliphatic carbocycles. The fraction of sp³-hybridized carbons (Fsp3) is 0.0526.